The number of guanidine groups is 1. The normalized spacial score (nSPS) is 51.4. The summed E-state index contributed by atoms with van der Waals surface area (Å²) in [4.78, 5) is 0. The van der Waals surface area contributed by atoms with Gasteiger partial charge >= 0.3 is 0 Å². The summed E-state index contributed by atoms with van der Waals surface area (Å²) in [7, 11) is 0. The van der Waals surface area contributed by atoms with E-state index in [1.807, 2.05) is 0 Å². The van der Waals surface area contributed by atoms with Gasteiger partial charge < -0.3 is 27.1 Å². The van der Waals surface area contributed by atoms with Crippen LogP contribution in [0.1, 0.15) is 78.6 Å². The minimum absolute atomic E-state index is 0.0553. The first-order valence-electron chi connectivity index (χ1n) is 11.4. The van der Waals surface area contributed by atoms with Crippen molar-refractivity contribution in [2.75, 3.05) is 0 Å². The zero-order chi connectivity index (χ0) is 20.3. The number of nitrogens with two attached hydrogens (primary N) is 2. The van der Waals surface area contributed by atoms with Crippen LogP contribution >= 0.6 is 0 Å². The molecule has 4 aliphatic rings. The summed E-state index contributed by atoms with van der Waals surface area (Å²) in [5.74, 6) is 1.99. The highest BCUT2D eigenvalue weighted by atomic mass is 16.3. The van der Waals surface area contributed by atoms with Crippen LogP contribution in [0.15, 0.2) is 5.10 Å². The zero-order valence-corrected chi connectivity index (χ0v) is 17.8. The Morgan fingerprint density at radius 2 is 1.79 bits per heavy atom. The number of aliphatic hydroxyl groups is 2. The highest BCUT2D eigenvalue weighted by molar-refractivity contribution is 5.75. The van der Waals surface area contributed by atoms with E-state index < -0.39 is 5.60 Å². The van der Waals surface area contributed by atoms with Crippen LogP contribution in [0.25, 0.3) is 0 Å². The smallest absolute Gasteiger partial charge is 0.208 e. The van der Waals surface area contributed by atoms with Gasteiger partial charge in [-0.3, -0.25) is 0 Å². The molecule has 6 heteroatoms. The first kappa shape index (κ1) is 20.3. The quantitative estimate of drug-likeness (QED) is 0.287. The molecule has 0 aromatic rings. The standard InChI is InChI=1S/C22H40N4O2/c1-13(25-26-19(23)24)16-8-11-22(28)18-5-4-14-12-15(27)6-9-20(14,2)17(18)7-10-21(16,22)3/h13-18,25,27-28H,4-12H2,1-3H3,(H4,23,24,26)/t13?,14-,15+,16-,17+,18-,20+,21-,22+/m1/s1. The van der Waals surface area contributed by atoms with Crippen LogP contribution in [-0.4, -0.2) is 33.9 Å². The van der Waals surface area contributed by atoms with E-state index >= 15 is 0 Å². The highest BCUT2D eigenvalue weighted by Gasteiger charge is 2.67. The molecule has 4 rings (SSSR count). The zero-order valence-electron chi connectivity index (χ0n) is 17.8. The molecule has 4 aliphatic carbocycles. The highest BCUT2D eigenvalue weighted by Crippen LogP contribution is 2.69. The Kier molecular flexibility index (Phi) is 4.90. The summed E-state index contributed by atoms with van der Waals surface area (Å²) >= 11 is 0. The van der Waals surface area contributed by atoms with E-state index in [1.54, 1.807) is 0 Å². The lowest BCUT2D eigenvalue weighted by atomic mass is 9.43. The molecule has 0 aromatic carbocycles. The van der Waals surface area contributed by atoms with E-state index in [9.17, 15) is 10.2 Å². The van der Waals surface area contributed by atoms with E-state index in [0.717, 1.165) is 51.4 Å². The maximum Gasteiger partial charge on any atom is 0.208 e. The maximum absolute atomic E-state index is 12.2. The molecule has 7 N–H and O–H groups in total. The molecule has 4 fully saturated rings. The van der Waals surface area contributed by atoms with Crippen LogP contribution in [0.4, 0.5) is 0 Å². The van der Waals surface area contributed by atoms with Crippen molar-refractivity contribution in [3.63, 3.8) is 0 Å². The van der Waals surface area contributed by atoms with Crippen LogP contribution in [-0.2, 0) is 0 Å². The molecule has 1 unspecified atom stereocenters. The Hall–Kier alpha value is -1.01. The van der Waals surface area contributed by atoms with Gasteiger partial charge in [0.15, 0.2) is 0 Å². The van der Waals surface area contributed by atoms with Crippen LogP contribution in [0.5, 0.6) is 0 Å². The van der Waals surface area contributed by atoms with Gasteiger partial charge in [0.1, 0.15) is 0 Å². The van der Waals surface area contributed by atoms with Gasteiger partial charge in [-0.2, -0.15) is 0 Å². The number of hydrazone groups is 1. The number of rotatable bonds is 3. The Morgan fingerprint density at radius 1 is 1.04 bits per heavy atom. The maximum atomic E-state index is 12.2. The summed E-state index contributed by atoms with van der Waals surface area (Å²) in [6, 6.07) is 0.134. The number of nitrogens with one attached hydrogen (secondary N) is 1. The second-order valence-corrected chi connectivity index (χ2v) is 10.9. The first-order chi connectivity index (χ1) is 13.1. The fourth-order valence-electron chi connectivity index (χ4n) is 8.31. The summed E-state index contributed by atoms with van der Waals surface area (Å²) in [6.07, 6.45) is 9.28. The third-order valence-electron chi connectivity index (χ3n) is 9.90. The monoisotopic (exact) mass is 392 g/mol. The number of aliphatic hydroxyl groups excluding tert-OH is 1. The molecule has 160 valence electrons. The summed E-state index contributed by atoms with van der Waals surface area (Å²) in [5.41, 5.74) is 13.7. The lowest BCUT2D eigenvalue weighted by Crippen LogP contribution is -2.63. The van der Waals surface area contributed by atoms with Crippen molar-refractivity contribution in [1.82, 2.24) is 5.43 Å². The number of hydrogen-bond acceptors (Lipinski definition) is 4. The summed E-state index contributed by atoms with van der Waals surface area (Å²) < 4.78 is 0. The van der Waals surface area contributed by atoms with Gasteiger partial charge in [-0.15, -0.1) is 5.10 Å². The number of fused-ring (bicyclic) bond motifs is 5. The van der Waals surface area contributed by atoms with Crippen molar-refractivity contribution >= 4 is 5.96 Å². The summed E-state index contributed by atoms with van der Waals surface area (Å²) in [6.45, 7) is 6.91. The Bertz CT molecular complexity index is 638. The van der Waals surface area contributed by atoms with E-state index in [1.165, 1.54) is 6.42 Å². The van der Waals surface area contributed by atoms with Crippen molar-refractivity contribution in [3.05, 3.63) is 0 Å². The van der Waals surface area contributed by atoms with E-state index in [0.29, 0.717) is 23.7 Å². The van der Waals surface area contributed by atoms with Crippen molar-refractivity contribution in [2.45, 2.75) is 96.3 Å². The molecule has 0 spiro atoms. The minimum Gasteiger partial charge on any atom is -0.393 e. The Labute approximate surface area is 169 Å². The molecule has 0 saturated heterocycles. The van der Waals surface area contributed by atoms with Gasteiger partial charge in [0.05, 0.1) is 11.7 Å². The molecule has 0 radical (unpaired) electrons. The van der Waals surface area contributed by atoms with Crippen molar-refractivity contribution in [3.8, 4) is 0 Å². The van der Waals surface area contributed by atoms with Crippen molar-refractivity contribution in [2.24, 2.45) is 51.1 Å². The third kappa shape index (κ3) is 2.78. The van der Waals surface area contributed by atoms with Crippen LogP contribution in [0.2, 0.25) is 0 Å². The van der Waals surface area contributed by atoms with Crippen LogP contribution < -0.4 is 16.9 Å². The van der Waals surface area contributed by atoms with Gasteiger partial charge in [-0.05, 0) is 93.8 Å². The molecular weight excluding hydrogens is 352 g/mol. The lowest BCUT2D eigenvalue weighted by Gasteiger charge is -2.63. The average Bonchev–Trinajstić information content (AvgIpc) is 2.92. The van der Waals surface area contributed by atoms with Gasteiger partial charge in [0, 0.05) is 11.5 Å². The predicted octanol–water partition coefficient (Wildman–Crippen LogP) is 2.29. The Morgan fingerprint density at radius 3 is 2.50 bits per heavy atom. The summed E-state index contributed by atoms with van der Waals surface area (Å²) in [5, 5.41) is 26.4. The molecule has 0 heterocycles. The van der Waals surface area contributed by atoms with E-state index in [4.69, 9.17) is 11.5 Å². The van der Waals surface area contributed by atoms with E-state index in [-0.39, 0.29) is 28.9 Å². The van der Waals surface area contributed by atoms with Crippen molar-refractivity contribution < 1.29 is 10.2 Å². The second-order valence-electron chi connectivity index (χ2n) is 10.9. The van der Waals surface area contributed by atoms with Crippen LogP contribution in [0.3, 0.4) is 0 Å². The third-order valence-corrected chi connectivity index (χ3v) is 9.90. The Balaban J connectivity index is 1.59. The fourth-order valence-corrected chi connectivity index (χ4v) is 8.31. The topological polar surface area (TPSA) is 117 Å². The molecule has 28 heavy (non-hydrogen) atoms. The van der Waals surface area contributed by atoms with E-state index in [2.05, 4.69) is 31.3 Å². The molecule has 0 aliphatic heterocycles. The molecule has 0 amide bonds. The second kappa shape index (κ2) is 6.76. The number of nitrogens with zero attached hydrogens (tertiary/aromatic N) is 1. The molecule has 6 nitrogen and oxygen atoms in total. The molecule has 4 saturated carbocycles. The molecular formula is C22H40N4O2. The first-order valence-corrected chi connectivity index (χ1v) is 11.4. The lowest BCUT2D eigenvalue weighted by molar-refractivity contribution is -0.211. The molecule has 0 aromatic heterocycles. The molecule has 9 atom stereocenters. The van der Waals surface area contributed by atoms with Gasteiger partial charge in [-0.1, -0.05) is 13.8 Å². The fraction of sp³-hybridized carbons (Fsp3) is 0.955. The SMILES string of the molecule is CC(NN=C(N)N)[C@H]1CC[C@]2(O)[C@@H]3CC[C@@H]4C[C@@H](O)CC[C@]4(C)[C@H]3CC[C@]12C. The predicted molar refractivity (Wildman–Crippen MR) is 111 cm³/mol. The van der Waals surface area contributed by atoms with Gasteiger partial charge in [-0.25, -0.2) is 0 Å². The average molecular weight is 393 g/mol. The van der Waals surface area contributed by atoms with Gasteiger partial charge in [0.2, 0.25) is 5.96 Å². The van der Waals surface area contributed by atoms with Gasteiger partial charge in [0.25, 0.3) is 0 Å². The molecule has 0 bridgehead atoms. The largest absolute Gasteiger partial charge is 0.393 e. The van der Waals surface area contributed by atoms with Crippen LogP contribution in [0, 0.1) is 34.5 Å². The number of hydrogen-bond donors (Lipinski definition) is 5. The van der Waals surface area contributed by atoms with Crippen molar-refractivity contribution in [1.29, 1.82) is 0 Å². The minimum atomic E-state index is -0.599.